The molecule has 2 heteroatoms. The lowest BCUT2D eigenvalue weighted by atomic mass is 10.1. The van der Waals surface area contributed by atoms with Gasteiger partial charge in [-0.3, -0.25) is 0 Å². The van der Waals surface area contributed by atoms with Gasteiger partial charge in [0, 0.05) is 0 Å². The van der Waals surface area contributed by atoms with Crippen LogP contribution >= 0.6 is 11.6 Å². The molecule has 1 aliphatic carbocycles. The van der Waals surface area contributed by atoms with Gasteiger partial charge in [0.2, 0.25) is 0 Å². The Balaban J connectivity index is 1.88. The Bertz CT molecular complexity index is 577. The summed E-state index contributed by atoms with van der Waals surface area (Å²) >= 11 is 6.24. The minimum atomic E-state index is 0.389. The van der Waals surface area contributed by atoms with Crippen LogP contribution in [0.5, 0.6) is 0 Å². The minimum absolute atomic E-state index is 0.389. The van der Waals surface area contributed by atoms with Gasteiger partial charge in [-0.25, -0.2) is 0 Å². The number of halogens is 1. The molecule has 2 aromatic rings. The van der Waals surface area contributed by atoms with Crippen molar-refractivity contribution in [2.75, 3.05) is 5.32 Å². The molecule has 1 unspecified atom stereocenters. The number of hydrogen-bond donors (Lipinski definition) is 1. The van der Waals surface area contributed by atoms with Gasteiger partial charge in [0.15, 0.2) is 0 Å². The number of aryl methyl sites for hydroxylation is 2. The van der Waals surface area contributed by atoms with E-state index >= 15 is 0 Å². The summed E-state index contributed by atoms with van der Waals surface area (Å²) in [5.41, 5.74) is 5.14. The van der Waals surface area contributed by atoms with Gasteiger partial charge in [0.05, 0.1) is 16.8 Å². The van der Waals surface area contributed by atoms with E-state index in [0.717, 1.165) is 23.6 Å². The Labute approximate surface area is 113 Å². The van der Waals surface area contributed by atoms with Crippen molar-refractivity contribution in [1.82, 2.24) is 0 Å². The van der Waals surface area contributed by atoms with Crippen LogP contribution in [0.4, 0.5) is 5.69 Å². The summed E-state index contributed by atoms with van der Waals surface area (Å²) in [6.45, 7) is 2.09. The first-order valence-corrected chi connectivity index (χ1v) is 6.72. The average molecular weight is 258 g/mol. The molecule has 0 aliphatic heterocycles. The number of nitrogens with one attached hydrogen (secondary N) is 1. The quantitative estimate of drug-likeness (QED) is 0.819. The molecule has 0 fully saturated rings. The molecule has 0 spiro atoms. The largest absolute Gasteiger partial charge is 0.377 e. The number of fused-ring (bicyclic) bond motifs is 1. The van der Waals surface area contributed by atoms with Gasteiger partial charge >= 0.3 is 0 Å². The van der Waals surface area contributed by atoms with E-state index in [-0.39, 0.29) is 0 Å². The highest BCUT2D eigenvalue weighted by atomic mass is 35.5. The summed E-state index contributed by atoms with van der Waals surface area (Å²) in [6, 6.07) is 15.1. The predicted octanol–water partition coefficient (Wildman–Crippen LogP) is 4.75. The van der Waals surface area contributed by atoms with Crippen LogP contribution in [0.2, 0.25) is 5.02 Å². The monoisotopic (exact) mass is 257 g/mol. The Morgan fingerprint density at radius 2 is 2.00 bits per heavy atom. The molecule has 18 heavy (non-hydrogen) atoms. The zero-order valence-corrected chi connectivity index (χ0v) is 11.2. The summed E-state index contributed by atoms with van der Waals surface area (Å²) in [5.74, 6) is 0. The van der Waals surface area contributed by atoms with Crippen LogP contribution in [0.3, 0.4) is 0 Å². The molecule has 0 bridgehead atoms. The molecule has 0 saturated heterocycles. The second-order valence-electron chi connectivity index (χ2n) is 4.92. The van der Waals surface area contributed by atoms with Crippen molar-refractivity contribution < 1.29 is 0 Å². The Morgan fingerprint density at radius 3 is 2.89 bits per heavy atom. The molecular weight excluding hydrogens is 242 g/mol. The lowest BCUT2D eigenvalue weighted by molar-refractivity contribution is 0.762. The van der Waals surface area contributed by atoms with Crippen molar-refractivity contribution in [1.29, 1.82) is 0 Å². The van der Waals surface area contributed by atoms with Gasteiger partial charge in [0.1, 0.15) is 0 Å². The number of hydrogen-bond acceptors (Lipinski definition) is 1. The predicted molar refractivity (Wildman–Crippen MR) is 77.3 cm³/mol. The zero-order valence-electron chi connectivity index (χ0n) is 10.4. The highest BCUT2D eigenvalue weighted by Crippen LogP contribution is 2.35. The van der Waals surface area contributed by atoms with Gasteiger partial charge in [0.25, 0.3) is 0 Å². The van der Waals surface area contributed by atoms with Crippen LogP contribution in [-0.4, -0.2) is 0 Å². The first-order valence-electron chi connectivity index (χ1n) is 6.34. The van der Waals surface area contributed by atoms with Crippen LogP contribution in [-0.2, 0) is 6.42 Å². The molecule has 3 rings (SSSR count). The van der Waals surface area contributed by atoms with E-state index < -0.39 is 0 Å². The average Bonchev–Trinajstić information content (AvgIpc) is 2.78. The van der Waals surface area contributed by atoms with Crippen LogP contribution in [0.25, 0.3) is 0 Å². The zero-order chi connectivity index (χ0) is 12.5. The lowest BCUT2D eigenvalue weighted by Crippen LogP contribution is -2.07. The Kier molecular flexibility index (Phi) is 3.00. The second-order valence-corrected chi connectivity index (χ2v) is 5.32. The topological polar surface area (TPSA) is 12.0 Å². The molecule has 0 saturated carbocycles. The molecule has 0 aromatic heterocycles. The first-order chi connectivity index (χ1) is 8.74. The molecule has 0 radical (unpaired) electrons. The fourth-order valence-electron chi connectivity index (χ4n) is 2.64. The van der Waals surface area contributed by atoms with Crippen LogP contribution < -0.4 is 5.32 Å². The minimum Gasteiger partial charge on any atom is -0.377 e. The van der Waals surface area contributed by atoms with E-state index in [1.54, 1.807) is 0 Å². The van der Waals surface area contributed by atoms with Crippen molar-refractivity contribution >= 4 is 17.3 Å². The molecule has 1 N–H and O–H groups in total. The maximum atomic E-state index is 6.24. The van der Waals surface area contributed by atoms with Crippen LogP contribution in [0, 0.1) is 6.92 Å². The van der Waals surface area contributed by atoms with Crippen molar-refractivity contribution in [3.8, 4) is 0 Å². The smallest absolute Gasteiger partial charge is 0.0637 e. The molecule has 2 aromatic carbocycles. The van der Waals surface area contributed by atoms with E-state index in [1.165, 1.54) is 16.7 Å². The summed E-state index contributed by atoms with van der Waals surface area (Å²) in [4.78, 5) is 0. The molecule has 0 heterocycles. The maximum Gasteiger partial charge on any atom is 0.0637 e. The summed E-state index contributed by atoms with van der Waals surface area (Å²) in [5, 5.41) is 4.37. The van der Waals surface area contributed by atoms with Crippen molar-refractivity contribution in [3.05, 3.63) is 64.2 Å². The third-order valence-corrected chi connectivity index (χ3v) is 3.91. The van der Waals surface area contributed by atoms with Gasteiger partial charge < -0.3 is 5.32 Å². The number of anilines is 1. The molecule has 1 nitrogen and oxygen atoms in total. The third kappa shape index (κ3) is 2.11. The highest BCUT2D eigenvalue weighted by Gasteiger charge is 2.22. The number of benzene rings is 2. The van der Waals surface area contributed by atoms with E-state index in [1.807, 2.05) is 12.1 Å². The molecule has 0 amide bonds. The molecule has 1 aliphatic rings. The molecule has 1 atom stereocenters. The van der Waals surface area contributed by atoms with E-state index in [2.05, 4.69) is 42.6 Å². The molecule has 92 valence electrons. The first kappa shape index (κ1) is 11.6. The van der Waals surface area contributed by atoms with Crippen LogP contribution in [0.15, 0.2) is 42.5 Å². The van der Waals surface area contributed by atoms with Crippen molar-refractivity contribution in [3.63, 3.8) is 0 Å². The normalized spacial score (nSPS) is 17.6. The second kappa shape index (κ2) is 4.66. The van der Waals surface area contributed by atoms with Gasteiger partial charge in [-0.15, -0.1) is 0 Å². The fraction of sp³-hybridized carbons (Fsp3) is 0.250. The van der Waals surface area contributed by atoms with E-state index in [9.17, 15) is 0 Å². The molecular formula is C16H16ClN. The van der Waals surface area contributed by atoms with Crippen molar-refractivity contribution in [2.45, 2.75) is 25.8 Å². The Morgan fingerprint density at radius 1 is 1.17 bits per heavy atom. The van der Waals surface area contributed by atoms with Gasteiger partial charge in [-0.2, -0.15) is 0 Å². The van der Waals surface area contributed by atoms with Gasteiger partial charge in [-0.05, 0) is 48.6 Å². The third-order valence-electron chi connectivity index (χ3n) is 3.58. The van der Waals surface area contributed by atoms with Gasteiger partial charge in [-0.1, -0.05) is 41.9 Å². The summed E-state index contributed by atoms with van der Waals surface area (Å²) < 4.78 is 0. The summed E-state index contributed by atoms with van der Waals surface area (Å²) in [6.07, 6.45) is 2.29. The fourth-order valence-corrected chi connectivity index (χ4v) is 2.82. The lowest BCUT2D eigenvalue weighted by Gasteiger charge is -2.17. The van der Waals surface area contributed by atoms with E-state index in [4.69, 9.17) is 11.6 Å². The Hall–Kier alpha value is -1.47. The summed E-state index contributed by atoms with van der Waals surface area (Å²) in [7, 11) is 0. The van der Waals surface area contributed by atoms with Crippen LogP contribution in [0.1, 0.15) is 29.2 Å². The number of rotatable bonds is 2. The highest BCUT2D eigenvalue weighted by molar-refractivity contribution is 6.33. The van der Waals surface area contributed by atoms with Crippen molar-refractivity contribution in [2.24, 2.45) is 0 Å². The van der Waals surface area contributed by atoms with E-state index in [0.29, 0.717) is 6.04 Å². The SMILES string of the molecule is Cc1ccc(Cl)c(NC2CCc3ccccc32)c1. The maximum absolute atomic E-state index is 6.24. The standard InChI is InChI=1S/C16H16ClN/c1-11-6-8-14(17)16(10-11)18-15-9-7-12-4-2-3-5-13(12)15/h2-6,8,10,15,18H,7,9H2,1H3.